The molecule has 1 N–H and O–H groups in total. The van der Waals surface area contributed by atoms with Crippen molar-refractivity contribution in [3.05, 3.63) is 125 Å². The van der Waals surface area contributed by atoms with Gasteiger partial charge in [-0.05, 0) is 18.2 Å². The fourth-order valence-corrected chi connectivity index (χ4v) is 3.39. The maximum atomic E-state index is 14.5. The molecule has 3 aromatic carbocycles. The minimum Gasteiger partial charge on any atom is -0.338 e. The van der Waals surface area contributed by atoms with Crippen LogP contribution in [0.2, 0.25) is 0 Å². The molecule has 4 rings (SSSR count). The number of aryl methyl sites for hydroxylation is 1. The quantitative estimate of drug-likeness (QED) is 0.479. The van der Waals surface area contributed by atoms with Gasteiger partial charge >= 0.3 is 0 Å². The highest BCUT2D eigenvalue weighted by atomic mass is 19.1. The number of carbonyl (C=O) groups is 2. The highest BCUT2D eigenvalue weighted by Gasteiger charge is 2.24. The molecule has 1 heterocycles. The summed E-state index contributed by atoms with van der Waals surface area (Å²) >= 11 is 0. The van der Waals surface area contributed by atoms with E-state index >= 15 is 0 Å². The predicted octanol–water partition coefficient (Wildman–Crippen LogP) is 4.31. The van der Waals surface area contributed by atoms with Crippen LogP contribution in [0.4, 0.5) is 4.39 Å². The summed E-state index contributed by atoms with van der Waals surface area (Å²) in [4.78, 5) is 29.8. The number of rotatable bonds is 6. The SMILES string of the molecule is Cn1ccnc1[C@H](NC(=O)c1ccc(C(=O)c2ccccc2)cc1)c1ccccc1F. The molecule has 6 heteroatoms. The molecule has 0 bridgehead atoms. The molecule has 0 aliphatic heterocycles. The zero-order valence-electron chi connectivity index (χ0n) is 16.8. The van der Waals surface area contributed by atoms with E-state index < -0.39 is 17.8 Å². The molecule has 31 heavy (non-hydrogen) atoms. The molecule has 0 radical (unpaired) electrons. The van der Waals surface area contributed by atoms with Gasteiger partial charge in [0, 0.05) is 41.7 Å². The van der Waals surface area contributed by atoms with E-state index in [-0.39, 0.29) is 5.78 Å². The summed E-state index contributed by atoms with van der Waals surface area (Å²) in [6.45, 7) is 0. The second kappa shape index (κ2) is 8.75. The number of benzene rings is 3. The van der Waals surface area contributed by atoms with E-state index in [2.05, 4.69) is 10.3 Å². The second-order valence-electron chi connectivity index (χ2n) is 7.10. The predicted molar refractivity (Wildman–Crippen MR) is 115 cm³/mol. The Morgan fingerprint density at radius 3 is 2.13 bits per heavy atom. The van der Waals surface area contributed by atoms with Crippen molar-refractivity contribution in [1.82, 2.24) is 14.9 Å². The smallest absolute Gasteiger partial charge is 0.252 e. The monoisotopic (exact) mass is 413 g/mol. The Balaban J connectivity index is 1.59. The van der Waals surface area contributed by atoms with Gasteiger partial charge in [-0.3, -0.25) is 9.59 Å². The molecule has 0 unspecified atom stereocenters. The largest absolute Gasteiger partial charge is 0.338 e. The summed E-state index contributed by atoms with van der Waals surface area (Å²) in [5.74, 6) is -0.436. The van der Waals surface area contributed by atoms with Crippen LogP contribution in [0.1, 0.15) is 43.7 Å². The number of hydrogen-bond donors (Lipinski definition) is 1. The molecule has 0 saturated carbocycles. The standard InChI is InChI=1S/C25H20FN3O2/c1-29-16-15-27-24(29)22(20-9-5-6-10-21(20)26)28-25(31)19-13-11-18(12-14-19)23(30)17-7-3-2-4-8-17/h2-16,22H,1H3,(H,28,31)/t22-/m1/s1. The molecule has 0 saturated heterocycles. The van der Waals surface area contributed by atoms with Crippen LogP contribution in [-0.2, 0) is 7.05 Å². The lowest BCUT2D eigenvalue weighted by molar-refractivity contribution is 0.0939. The minimum absolute atomic E-state index is 0.121. The van der Waals surface area contributed by atoms with Crippen molar-refractivity contribution in [3.63, 3.8) is 0 Å². The normalized spacial score (nSPS) is 11.7. The van der Waals surface area contributed by atoms with E-state index in [1.165, 1.54) is 6.07 Å². The Hall–Kier alpha value is -4.06. The molecule has 154 valence electrons. The molecule has 1 amide bonds. The summed E-state index contributed by atoms with van der Waals surface area (Å²) < 4.78 is 16.2. The minimum atomic E-state index is -0.765. The first-order valence-corrected chi connectivity index (χ1v) is 9.77. The van der Waals surface area contributed by atoms with Crippen molar-refractivity contribution in [2.45, 2.75) is 6.04 Å². The Kier molecular flexibility index (Phi) is 5.71. The van der Waals surface area contributed by atoms with Crippen LogP contribution in [0.5, 0.6) is 0 Å². The van der Waals surface area contributed by atoms with Crippen LogP contribution in [0.25, 0.3) is 0 Å². The molecule has 0 spiro atoms. The second-order valence-corrected chi connectivity index (χ2v) is 7.10. The molecule has 1 aromatic heterocycles. The molecule has 5 nitrogen and oxygen atoms in total. The van der Waals surface area contributed by atoms with Gasteiger partial charge in [-0.2, -0.15) is 0 Å². The van der Waals surface area contributed by atoms with Crippen LogP contribution < -0.4 is 5.32 Å². The summed E-state index contributed by atoms with van der Waals surface area (Å²) in [6.07, 6.45) is 3.33. The lowest BCUT2D eigenvalue weighted by atomic mass is 10.0. The van der Waals surface area contributed by atoms with Gasteiger partial charge in [0.2, 0.25) is 0 Å². The Morgan fingerprint density at radius 1 is 0.871 bits per heavy atom. The first-order chi connectivity index (χ1) is 15.0. The van der Waals surface area contributed by atoms with E-state index in [0.717, 1.165) is 0 Å². The molecule has 4 aromatic rings. The number of nitrogens with zero attached hydrogens (tertiary/aromatic N) is 2. The van der Waals surface area contributed by atoms with Gasteiger partial charge in [0.05, 0.1) is 0 Å². The van der Waals surface area contributed by atoms with Crippen LogP contribution in [-0.4, -0.2) is 21.2 Å². The van der Waals surface area contributed by atoms with Crippen LogP contribution in [0, 0.1) is 5.82 Å². The number of amides is 1. The van der Waals surface area contributed by atoms with Crippen molar-refractivity contribution in [2.24, 2.45) is 7.05 Å². The van der Waals surface area contributed by atoms with Gasteiger partial charge < -0.3 is 9.88 Å². The maximum Gasteiger partial charge on any atom is 0.252 e. The van der Waals surface area contributed by atoms with Crippen molar-refractivity contribution < 1.29 is 14.0 Å². The molecular formula is C25H20FN3O2. The fourth-order valence-electron chi connectivity index (χ4n) is 3.39. The summed E-state index contributed by atoms with van der Waals surface area (Å²) in [5, 5.41) is 2.87. The molecule has 1 atom stereocenters. The number of ketones is 1. The molecule has 0 aliphatic rings. The van der Waals surface area contributed by atoms with Gasteiger partial charge in [0.25, 0.3) is 5.91 Å². The Morgan fingerprint density at radius 2 is 1.48 bits per heavy atom. The third-order valence-electron chi connectivity index (χ3n) is 5.05. The van der Waals surface area contributed by atoms with Crippen molar-refractivity contribution in [1.29, 1.82) is 0 Å². The van der Waals surface area contributed by atoms with Gasteiger partial charge in [-0.15, -0.1) is 0 Å². The Labute approximate surface area is 179 Å². The first kappa shape index (κ1) is 20.2. The number of hydrogen-bond acceptors (Lipinski definition) is 3. The van der Waals surface area contributed by atoms with Gasteiger partial charge in [0.1, 0.15) is 17.7 Å². The van der Waals surface area contributed by atoms with Crippen molar-refractivity contribution in [2.75, 3.05) is 0 Å². The van der Waals surface area contributed by atoms with Crippen LogP contribution in [0.15, 0.2) is 91.3 Å². The summed E-state index contributed by atoms with van der Waals surface area (Å²) in [6, 6.07) is 20.9. The van der Waals surface area contributed by atoms with Crippen molar-refractivity contribution in [3.8, 4) is 0 Å². The average Bonchev–Trinajstić information content (AvgIpc) is 3.23. The summed E-state index contributed by atoms with van der Waals surface area (Å²) in [5.41, 5.74) is 1.74. The van der Waals surface area contributed by atoms with Gasteiger partial charge in [0.15, 0.2) is 5.78 Å². The third kappa shape index (κ3) is 4.28. The number of nitrogens with one attached hydrogen (secondary N) is 1. The highest BCUT2D eigenvalue weighted by molar-refractivity contribution is 6.09. The van der Waals surface area contributed by atoms with Crippen LogP contribution >= 0.6 is 0 Å². The average molecular weight is 413 g/mol. The van der Waals surface area contributed by atoms with E-state index in [1.807, 2.05) is 6.07 Å². The topological polar surface area (TPSA) is 64.0 Å². The number of halogens is 1. The zero-order valence-corrected chi connectivity index (χ0v) is 16.8. The van der Waals surface area contributed by atoms with E-state index in [0.29, 0.717) is 28.1 Å². The first-order valence-electron chi connectivity index (χ1n) is 9.77. The number of carbonyl (C=O) groups excluding carboxylic acids is 2. The summed E-state index contributed by atoms with van der Waals surface area (Å²) in [7, 11) is 1.78. The zero-order chi connectivity index (χ0) is 21.8. The number of imidazole rings is 1. The molecule has 0 fully saturated rings. The fraction of sp³-hybridized carbons (Fsp3) is 0.0800. The number of aromatic nitrogens is 2. The Bertz CT molecular complexity index is 1220. The van der Waals surface area contributed by atoms with Crippen molar-refractivity contribution >= 4 is 11.7 Å². The van der Waals surface area contributed by atoms with E-state index in [9.17, 15) is 14.0 Å². The van der Waals surface area contributed by atoms with Gasteiger partial charge in [-0.1, -0.05) is 60.7 Å². The highest BCUT2D eigenvalue weighted by Crippen LogP contribution is 2.23. The lowest BCUT2D eigenvalue weighted by Crippen LogP contribution is -2.31. The maximum absolute atomic E-state index is 14.5. The lowest BCUT2D eigenvalue weighted by Gasteiger charge is -2.20. The van der Waals surface area contributed by atoms with E-state index in [1.54, 1.807) is 90.7 Å². The van der Waals surface area contributed by atoms with E-state index in [4.69, 9.17) is 0 Å². The molecule has 0 aliphatic carbocycles. The molecular weight excluding hydrogens is 393 g/mol. The van der Waals surface area contributed by atoms with Gasteiger partial charge in [-0.25, -0.2) is 9.37 Å². The van der Waals surface area contributed by atoms with Crippen LogP contribution in [0.3, 0.4) is 0 Å². The third-order valence-corrected chi connectivity index (χ3v) is 5.05.